The molecule has 2 N–H and O–H groups in total. The first kappa shape index (κ1) is 26.4. The number of hydrogen-bond acceptors (Lipinski definition) is 6. The molecule has 0 aliphatic heterocycles. The Morgan fingerprint density at radius 3 is 2.39 bits per heavy atom. The summed E-state index contributed by atoms with van der Waals surface area (Å²) in [5.41, 5.74) is 4.95. The van der Waals surface area contributed by atoms with Crippen LogP contribution < -0.4 is 20.1 Å². The van der Waals surface area contributed by atoms with Gasteiger partial charge >= 0.3 is 0 Å². The fourth-order valence-corrected chi connectivity index (χ4v) is 3.28. The van der Waals surface area contributed by atoms with Gasteiger partial charge in [0.25, 0.3) is 0 Å². The van der Waals surface area contributed by atoms with E-state index < -0.39 is 0 Å². The molecule has 0 saturated carbocycles. The van der Waals surface area contributed by atoms with E-state index in [2.05, 4.69) is 23.6 Å². The van der Waals surface area contributed by atoms with Crippen molar-refractivity contribution in [1.29, 1.82) is 0 Å². The third-order valence-corrected chi connectivity index (χ3v) is 5.27. The van der Waals surface area contributed by atoms with Crippen LogP contribution >= 0.6 is 0 Å². The van der Waals surface area contributed by atoms with Crippen LogP contribution in [-0.4, -0.2) is 53.2 Å². The van der Waals surface area contributed by atoms with Crippen molar-refractivity contribution in [1.82, 2.24) is 5.32 Å². The highest BCUT2D eigenvalue weighted by Gasteiger charge is 2.10. The maximum absolute atomic E-state index is 12.5. The van der Waals surface area contributed by atoms with Crippen molar-refractivity contribution in [2.24, 2.45) is 0 Å². The molecule has 0 spiro atoms. The van der Waals surface area contributed by atoms with Crippen LogP contribution in [0.2, 0.25) is 0 Å². The van der Waals surface area contributed by atoms with E-state index in [1.165, 1.54) is 5.56 Å². The highest BCUT2D eigenvalue weighted by atomic mass is 16.7. The van der Waals surface area contributed by atoms with Crippen LogP contribution in [0.1, 0.15) is 35.6 Å². The first-order valence-corrected chi connectivity index (χ1v) is 11.1. The van der Waals surface area contributed by atoms with Gasteiger partial charge in [-0.25, -0.2) is 0 Å². The summed E-state index contributed by atoms with van der Waals surface area (Å²) in [4.78, 5) is 12.5. The van der Waals surface area contributed by atoms with Crippen molar-refractivity contribution < 1.29 is 23.7 Å². The standard InChI is InChI=1S/C26H36N2O5/c1-7-33-23-11-10-20(8-9-21-14-18(2)19(3)24(16-21)30-4)15-22(23)28-25(29)12-13-27-17-26(31-5)32-6/h8-11,14-16,26-27H,7,12-13,17H2,1-6H3,(H,28,29)/b9-8-. The molecule has 0 fully saturated rings. The lowest BCUT2D eigenvalue weighted by molar-refractivity contribution is -0.116. The zero-order chi connectivity index (χ0) is 24.2. The van der Waals surface area contributed by atoms with Crippen molar-refractivity contribution in [3.63, 3.8) is 0 Å². The van der Waals surface area contributed by atoms with Crippen molar-refractivity contribution >= 4 is 23.7 Å². The summed E-state index contributed by atoms with van der Waals surface area (Å²) in [7, 11) is 4.84. The molecule has 33 heavy (non-hydrogen) atoms. The molecular formula is C26H36N2O5. The normalized spacial score (nSPS) is 11.2. The number of hydrogen-bond donors (Lipinski definition) is 2. The lowest BCUT2D eigenvalue weighted by Gasteiger charge is -2.15. The summed E-state index contributed by atoms with van der Waals surface area (Å²) in [6, 6.07) is 9.89. The number of carbonyl (C=O) groups is 1. The first-order chi connectivity index (χ1) is 15.9. The smallest absolute Gasteiger partial charge is 0.225 e. The largest absolute Gasteiger partial charge is 0.496 e. The number of anilines is 1. The molecule has 0 bridgehead atoms. The van der Waals surface area contributed by atoms with E-state index in [0.717, 1.165) is 22.4 Å². The van der Waals surface area contributed by atoms with Crippen molar-refractivity contribution in [2.75, 3.05) is 46.3 Å². The Labute approximate surface area is 197 Å². The lowest BCUT2D eigenvalue weighted by Crippen LogP contribution is -2.31. The molecule has 180 valence electrons. The molecule has 2 aromatic rings. The van der Waals surface area contributed by atoms with Gasteiger partial charge in [-0.15, -0.1) is 0 Å². The number of ether oxygens (including phenoxy) is 4. The maximum atomic E-state index is 12.5. The monoisotopic (exact) mass is 456 g/mol. The van der Waals surface area contributed by atoms with Crippen LogP contribution in [0, 0.1) is 13.8 Å². The van der Waals surface area contributed by atoms with Crippen LogP contribution in [0.3, 0.4) is 0 Å². The fraction of sp³-hybridized carbons (Fsp3) is 0.423. The van der Waals surface area contributed by atoms with Gasteiger partial charge in [-0.2, -0.15) is 0 Å². The fourth-order valence-electron chi connectivity index (χ4n) is 3.28. The van der Waals surface area contributed by atoms with E-state index in [4.69, 9.17) is 18.9 Å². The number of aryl methyl sites for hydroxylation is 1. The Morgan fingerprint density at radius 1 is 1.00 bits per heavy atom. The summed E-state index contributed by atoms with van der Waals surface area (Å²) in [5, 5.41) is 6.11. The number of amides is 1. The number of benzene rings is 2. The molecular weight excluding hydrogens is 420 g/mol. The average molecular weight is 457 g/mol. The minimum atomic E-state index is -0.335. The SMILES string of the molecule is CCOc1ccc(/C=C\c2cc(C)c(C)c(OC)c2)cc1NC(=O)CCNCC(OC)OC. The third-order valence-electron chi connectivity index (χ3n) is 5.27. The van der Waals surface area contributed by atoms with Gasteiger partial charge < -0.3 is 29.6 Å². The summed E-state index contributed by atoms with van der Waals surface area (Å²) in [6.07, 6.45) is 4.01. The highest BCUT2D eigenvalue weighted by molar-refractivity contribution is 5.93. The van der Waals surface area contributed by atoms with E-state index in [9.17, 15) is 4.79 Å². The second-order valence-electron chi connectivity index (χ2n) is 7.59. The molecule has 7 nitrogen and oxygen atoms in total. The van der Waals surface area contributed by atoms with Gasteiger partial charge in [0, 0.05) is 33.7 Å². The minimum absolute atomic E-state index is 0.102. The van der Waals surface area contributed by atoms with E-state index in [-0.39, 0.29) is 12.2 Å². The lowest BCUT2D eigenvalue weighted by atomic mass is 10.0. The van der Waals surface area contributed by atoms with Crippen LogP contribution in [0.4, 0.5) is 5.69 Å². The van der Waals surface area contributed by atoms with Crippen molar-refractivity contribution in [3.8, 4) is 11.5 Å². The topological polar surface area (TPSA) is 78.1 Å². The van der Waals surface area contributed by atoms with Crippen LogP contribution in [0.25, 0.3) is 12.2 Å². The molecule has 0 unspecified atom stereocenters. The Morgan fingerprint density at radius 2 is 1.73 bits per heavy atom. The number of methoxy groups -OCH3 is 3. The van der Waals surface area contributed by atoms with Crippen LogP contribution in [0.15, 0.2) is 30.3 Å². The second kappa shape index (κ2) is 13.6. The maximum Gasteiger partial charge on any atom is 0.225 e. The van der Waals surface area contributed by atoms with Gasteiger partial charge in [-0.3, -0.25) is 4.79 Å². The summed E-state index contributed by atoms with van der Waals surface area (Å²) < 4.78 is 21.4. The predicted molar refractivity (Wildman–Crippen MR) is 133 cm³/mol. The summed E-state index contributed by atoms with van der Waals surface area (Å²) in [5.74, 6) is 1.41. The highest BCUT2D eigenvalue weighted by Crippen LogP contribution is 2.28. The average Bonchev–Trinajstić information content (AvgIpc) is 2.81. The molecule has 1 amide bonds. The number of nitrogens with one attached hydrogen (secondary N) is 2. The first-order valence-electron chi connectivity index (χ1n) is 11.1. The number of carbonyl (C=O) groups excluding carboxylic acids is 1. The zero-order valence-corrected chi connectivity index (χ0v) is 20.5. The van der Waals surface area contributed by atoms with Gasteiger partial charge in [0.15, 0.2) is 6.29 Å². The van der Waals surface area contributed by atoms with E-state index in [1.54, 1.807) is 21.3 Å². The Kier molecular flexibility index (Phi) is 10.9. The van der Waals surface area contributed by atoms with E-state index in [0.29, 0.717) is 37.6 Å². The summed E-state index contributed by atoms with van der Waals surface area (Å²) >= 11 is 0. The quantitative estimate of drug-likeness (QED) is 0.264. The minimum Gasteiger partial charge on any atom is -0.496 e. The molecule has 0 radical (unpaired) electrons. The Bertz CT molecular complexity index is 939. The van der Waals surface area contributed by atoms with Gasteiger partial charge in [-0.05, 0) is 61.2 Å². The molecule has 2 rings (SSSR count). The van der Waals surface area contributed by atoms with Crippen molar-refractivity contribution in [3.05, 3.63) is 52.6 Å². The molecule has 7 heteroatoms. The molecule has 2 aromatic carbocycles. The predicted octanol–water partition coefficient (Wildman–Crippen LogP) is 4.42. The van der Waals surface area contributed by atoms with Crippen molar-refractivity contribution in [2.45, 2.75) is 33.5 Å². The molecule has 0 atom stereocenters. The molecule has 0 saturated heterocycles. The summed E-state index contributed by atoms with van der Waals surface area (Å²) in [6.45, 7) is 7.56. The zero-order valence-electron chi connectivity index (χ0n) is 20.5. The Balaban J connectivity index is 2.08. The molecule has 0 heterocycles. The Hall–Kier alpha value is -2.87. The van der Waals surface area contributed by atoms with Crippen LogP contribution in [-0.2, 0) is 14.3 Å². The third kappa shape index (κ3) is 8.20. The van der Waals surface area contributed by atoms with Gasteiger partial charge in [0.05, 0.1) is 19.4 Å². The molecule has 0 aromatic heterocycles. The van der Waals surface area contributed by atoms with Gasteiger partial charge in [0.2, 0.25) is 5.91 Å². The molecule has 0 aliphatic rings. The van der Waals surface area contributed by atoms with E-state index in [1.807, 2.05) is 50.3 Å². The second-order valence-corrected chi connectivity index (χ2v) is 7.59. The van der Waals surface area contributed by atoms with E-state index >= 15 is 0 Å². The molecule has 0 aliphatic carbocycles. The van der Waals surface area contributed by atoms with Gasteiger partial charge in [-0.1, -0.05) is 24.3 Å². The van der Waals surface area contributed by atoms with Gasteiger partial charge in [0.1, 0.15) is 11.5 Å². The van der Waals surface area contributed by atoms with Crippen LogP contribution in [0.5, 0.6) is 11.5 Å². The number of rotatable bonds is 13.